The second kappa shape index (κ2) is 9.76. The molecule has 1 aliphatic carbocycles. The van der Waals surface area contributed by atoms with Gasteiger partial charge in [-0.25, -0.2) is 4.79 Å². The number of carbonyl (C=O) groups excluding carboxylic acids is 4. The minimum Gasteiger partial charge on any atom is -0.451 e. The number of amides is 4. The molecule has 2 atom stereocenters. The third-order valence-corrected chi connectivity index (χ3v) is 5.72. The standard InChI is InChI=1S/C23H29N3O5/c1-16(20(28)24-14-13-17-9-5-3-6-10-17)31-19(27)15-26-21(29)23(2,25-22(26)30)18-11-7-4-8-12-18/h4,7-9,11-12,16H,3,5-6,10,13-15H2,1-2H3,(H,24,28)(H,25,30)/t16-,23-/m0/s1. The zero-order valence-electron chi connectivity index (χ0n) is 18.0. The summed E-state index contributed by atoms with van der Waals surface area (Å²) >= 11 is 0. The van der Waals surface area contributed by atoms with E-state index in [-0.39, 0.29) is 0 Å². The SMILES string of the molecule is C[C@H](OC(=O)CN1C(=O)N[C@@](C)(c2ccccc2)C1=O)C(=O)NCCC1=CCCCC1. The van der Waals surface area contributed by atoms with Crippen LogP contribution in [-0.4, -0.2) is 47.9 Å². The average Bonchev–Trinajstić information content (AvgIpc) is 2.99. The van der Waals surface area contributed by atoms with Gasteiger partial charge < -0.3 is 15.4 Å². The molecule has 1 heterocycles. The van der Waals surface area contributed by atoms with Crippen LogP contribution in [0.1, 0.15) is 51.5 Å². The number of imide groups is 1. The van der Waals surface area contributed by atoms with E-state index in [4.69, 9.17) is 4.74 Å². The lowest BCUT2D eigenvalue weighted by Crippen LogP contribution is -2.42. The number of ether oxygens (including phenoxy) is 1. The third kappa shape index (κ3) is 5.31. The van der Waals surface area contributed by atoms with Gasteiger partial charge in [0.05, 0.1) is 0 Å². The van der Waals surface area contributed by atoms with Crippen molar-refractivity contribution in [2.45, 2.75) is 57.6 Å². The highest BCUT2D eigenvalue weighted by atomic mass is 16.5. The van der Waals surface area contributed by atoms with Crippen LogP contribution >= 0.6 is 0 Å². The maximum atomic E-state index is 12.8. The molecule has 3 rings (SSSR count). The Balaban J connectivity index is 1.49. The van der Waals surface area contributed by atoms with E-state index in [0.29, 0.717) is 12.1 Å². The molecule has 0 unspecified atom stereocenters. The first kappa shape index (κ1) is 22.5. The van der Waals surface area contributed by atoms with E-state index in [1.807, 2.05) is 6.07 Å². The Labute approximate surface area is 182 Å². The molecule has 31 heavy (non-hydrogen) atoms. The maximum absolute atomic E-state index is 12.8. The van der Waals surface area contributed by atoms with E-state index < -0.39 is 42.0 Å². The van der Waals surface area contributed by atoms with Crippen LogP contribution in [0.4, 0.5) is 4.79 Å². The van der Waals surface area contributed by atoms with Gasteiger partial charge in [-0.2, -0.15) is 0 Å². The van der Waals surface area contributed by atoms with Crippen LogP contribution < -0.4 is 10.6 Å². The van der Waals surface area contributed by atoms with Crippen molar-refractivity contribution in [3.05, 3.63) is 47.5 Å². The second-order valence-corrected chi connectivity index (χ2v) is 8.09. The summed E-state index contributed by atoms with van der Waals surface area (Å²) in [6.07, 6.45) is 6.53. The molecule has 1 aliphatic heterocycles. The van der Waals surface area contributed by atoms with Gasteiger partial charge in [-0.3, -0.25) is 19.3 Å². The lowest BCUT2D eigenvalue weighted by atomic mass is 9.92. The second-order valence-electron chi connectivity index (χ2n) is 8.09. The van der Waals surface area contributed by atoms with E-state index in [1.54, 1.807) is 31.2 Å². The molecule has 0 spiro atoms. The van der Waals surface area contributed by atoms with Gasteiger partial charge in [-0.15, -0.1) is 0 Å². The first-order chi connectivity index (χ1) is 14.8. The third-order valence-electron chi connectivity index (χ3n) is 5.72. The number of allylic oxidation sites excluding steroid dienone is 1. The van der Waals surface area contributed by atoms with Crippen molar-refractivity contribution in [3.8, 4) is 0 Å². The van der Waals surface area contributed by atoms with Crippen molar-refractivity contribution < 1.29 is 23.9 Å². The van der Waals surface area contributed by atoms with Crippen LogP contribution in [0.2, 0.25) is 0 Å². The minimum absolute atomic E-state index is 0.406. The fourth-order valence-corrected chi connectivity index (χ4v) is 3.85. The molecule has 0 bridgehead atoms. The summed E-state index contributed by atoms with van der Waals surface area (Å²) in [7, 11) is 0. The largest absolute Gasteiger partial charge is 0.451 e. The molecular formula is C23H29N3O5. The molecule has 1 aromatic rings. The molecule has 0 aromatic heterocycles. The molecule has 0 saturated carbocycles. The Morgan fingerprint density at radius 3 is 2.65 bits per heavy atom. The predicted molar refractivity (Wildman–Crippen MR) is 114 cm³/mol. The van der Waals surface area contributed by atoms with Crippen LogP contribution in [0, 0.1) is 0 Å². The van der Waals surface area contributed by atoms with E-state index in [0.717, 1.165) is 24.2 Å². The zero-order valence-corrected chi connectivity index (χ0v) is 18.0. The van der Waals surface area contributed by atoms with E-state index >= 15 is 0 Å². The number of nitrogens with one attached hydrogen (secondary N) is 2. The van der Waals surface area contributed by atoms with Crippen LogP contribution in [0.15, 0.2) is 42.0 Å². The van der Waals surface area contributed by atoms with Gasteiger partial charge in [0, 0.05) is 6.54 Å². The molecule has 1 aromatic carbocycles. The molecule has 8 heteroatoms. The van der Waals surface area contributed by atoms with Crippen LogP contribution in [-0.2, 0) is 24.7 Å². The highest BCUT2D eigenvalue weighted by Crippen LogP contribution is 2.28. The monoisotopic (exact) mass is 427 g/mol. The summed E-state index contributed by atoms with van der Waals surface area (Å²) in [5.74, 6) is -1.77. The van der Waals surface area contributed by atoms with E-state index in [9.17, 15) is 19.2 Å². The van der Waals surface area contributed by atoms with Gasteiger partial charge in [0.2, 0.25) is 0 Å². The topological polar surface area (TPSA) is 105 Å². The first-order valence-electron chi connectivity index (χ1n) is 10.7. The first-order valence-corrected chi connectivity index (χ1v) is 10.7. The van der Waals surface area contributed by atoms with Gasteiger partial charge in [0.1, 0.15) is 12.1 Å². The number of nitrogens with zero attached hydrogens (tertiary/aromatic N) is 1. The van der Waals surface area contributed by atoms with Gasteiger partial charge in [-0.05, 0) is 51.5 Å². The highest BCUT2D eigenvalue weighted by Gasteiger charge is 2.49. The summed E-state index contributed by atoms with van der Waals surface area (Å²) in [5, 5.41) is 5.40. The summed E-state index contributed by atoms with van der Waals surface area (Å²) in [6.45, 7) is 2.98. The molecule has 1 saturated heterocycles. The normalized spacial score (nSPS) is 21.9. The molecule has 0 radical (unpaired) electrons. The van der Waals surface area contributed by atoms with Crippen molar-refractivity contribution >= 4 is 23.8 Å². The molecule has 8 nitrogen and oxygen atoms in total. The van der Waals surface area contributed by atoms with E-state index in [2.05, 4.69) is 16.7 Å². The van der Waals surface area contributed by atoms with Crippen LogP contribution in [0.25, 0.3) is 0 Å². The van der Waals surface area contributed by atoms with Crippen LogP contribution in [0.5, 0.6) is 0 Å². The van der Waals surface area contributed by atoms with Crippen molar-refractivity contribution in [2.75, 3.05) is 13.1 Å². The molecule has 2 N–H and O–H groups in total. The lowest BCUT2D eigenvalue weighted by molar-refractivity contribution is -0.156. The average molecular weight is 428 g/mol. The van der Waals surface area contributed by atoms with Gasteiger partial charge in [0.15, 0.2) is 6.10 Å². The Hall–Kier alpha value is -3.16. The Bertz CT molecular complexity index is 882. The zero-order chi connectivity index (χ0) is 22.4. The number of esters is 1. The van der Waals surface area contributed by atoms with E-state index in [1.165, 1.54) is 25.3 Å². The maximum Gasteiger partial charge on any atom is 0.327 e. The van der Waals surface area contributed by atoms with Crippen molar-refractivity contribution in [3.63, 3.8) is 0 Å². The van der Waals surface area contributed by atoms with Gasteiger partial charge in [-0.1, -0.05) is 42.0 Å². The molecular weight excluding hydrogens is 398 g/mol. The lowest BCUT2D eigenvalue weighted by Gasteiger charge is -2.22. The number of hydrogen-bond donors (Lipinski definition) is 2. The van der Waals surface area contributed by atoms with Crippen molar-refractivity contribution in [1.82, 2.24) is 15.5 Å². The molecule has 2 aliphatic rings. The number of urea groups is 1. The van der Waals surface area contributed by atoms with Crippen molar-refractivity contribution in [2.24, 2.45) is 0 Å². The number of carbonyl (C=O) groups is 4. The summed E-state index contributed by atoms with van der Waals surface area (Å²) in [6, 6.07) is 8.13. The molecule has 4 amide bonds. The smallest absolute Gasteiger partial charge is 0.327 e. The highest BCUT2D eigenvalue weighted by molar-refractivity contribution is 6.08. The minimum atomic E-state index is -1.25. The van der Waals surface area contributed by atoms with Gasteiger partial charge >= 0.3 is 12.0 Å². The summed E-state index contributed by atoms with van der Waals surface area (Å²) in [5.41, 5.74) is 0.705. The quantitative estimate of drug-likeness (QED) is 0.377. The van der Waals surface area contributed by atoms with Crippen molar-refractivity contribution in [1.29, 1.82) is 0 Å². The molecule has 166 valence electrons. The Kier molecular flexibility index (Phi) is 7.09. The fourth-order valence-electron chi connectivity index (χ4n) is 3.85. The summed E-state index contributed by atoms with van der Waals surface area (Å²) < 4.78 is 5.15. The van der Waals surface area contributed by atoms with Gasteiger partial charge in [0.25, 0.3) is 11.8 Å². The Morgan fingerprint density at radius 2 is 1.97 bits per heavy atom. The number of rotatable bonds is 8. The number of hydrogen-bond acceptors (Lipinski definition) is 5. The fraction of sp³-hybridized carbons (Fsp3) is 0.478. The Morgan fingerprint density at radius 1 is 1.23 bits per heavy atom. The summed E-state index contributed by atoms with van der Waals surface area (Å²) in [4.78, 5) is 50.5. The number of benzene rings is 1. The predicted octanol–water partition coefficient (Wildman–Crippen LogP) is 2.39. The molecule has 1 fully saturated rings. The van der Waals surface area contributed by atoms with Crippen LogP contribution in [0.3, 0.4) is 0 Å².